The van der Waals surface area contributed by atoms with Crippen LogP contribution in [0.3, 0.4) is 0 Å². The normalized spacial score (nSPS) is 12.7. The Hall–Kier alpha value is -7.42. The van der Waals surface area contributed by atoms with Gasteiger partial charge in [-0.3, -0.25) is 0 Å². The second-order valence-electron chi connectivity index (χ2n) is 16.2. The summed E-state index contributed by atoms with van der Waals surface area (Å²) < 4.78 is 0. The molecule has 1 aliphatic carbocycles. The molecule has 1 heterocycles. The number of aromatic nitrogens is 2. The molecule has 278 valence electrons. The zero-order valence-electron chi connectivity index (χ0n) is 33.0. The van der Waals surface area contributed by atoms with E-state index in [-0.39, 0.29) is 5.41 Å². The van der Waals surface area contributed by atoms with Crippen molar-refractivity contribution in [3.8, 4) is 78.4 Å². The molecule has 0 unspecified atom stereocenters. The first kappa shape index (κ1) is 34.8. The van der Waals surface area contributed by atoms with E-state index in [1.165, 1.54) is 55.1 Å². The summed E-state index contributed by atoms with van der Waals surface area (Å²) in [6.45, 7) is 4.73. The number of hydrogen-bond donors (Lipinski definition) is 0. The molecule has 2 heteroatoms. The topological polar surface area (TPSA) is 25.8 Å². The van der Waals surface area contributed by atoms with Crippen molar-refractivity contribution in [1.82, 2.24) is 9.97 Å². The summed E-state index contributed by atoms with van der Waals surface area (Å²) in [6, 6.07) is 74.4. The van der Waals surface area contributed by atoms with Gasteiger partial charge in [0.25, 0.3) is 0 Å². The third-order valence-electron chi connectivity index (χ3n) is 12.3. The minimum atomic E-state index is -0.0947. The van der Waals surface area contributed by atoms with Crippen molar-refractivity contribution in [2.75, 3.05) is 0 Å². The van der Waals surface area contributed by atoms with Gasteiger partial charge in [0.1, 0.15) is 0 Å². The lowest BCUT2D eigenvalue weighted by Crippen LogP contribution is -2.14. The molecule has 0 bridgehead atoms. The highest BCUT2D eigenvalue weighted by Gasteiger charge is 2.37. The lowest BCUT2D eigenvalue weighted by molar-refractivity contribution is 0.661. The van der Waals surface area contributed by atoms with Crippen LogP contribution >= 0.6 is 0 Å². The van der Waals surface area contributed by atoms with Gasteiger partial charge < -0.3 is 0 Å². The highest BCUT2D eigenvalue weighted by atomic mass is 14.9. The van der Waals surface area contributed by atoms with Gasteiger partial charge in [-0.15, -0.1) is 0 Å². The number of benzene rings is 9. The van der Waals surface area contributed by atoms with E-state index in [0.717, 1.165) is 50.2 Å². The maximum absolute atomic E-state index is 5.37. The minimum Gasteiger partial charge on any atom is -0.228 e. The summed E-state index contributed by atoms with van der Waals surface area (Å²) in [6.07, 6.45) is 0. The molecule has 9 aromatic carbocycles. The van der Waals surface area contributed by atoms with Gasteiger partial charge in [-0.25, -0.2) is 9.97 Å². The highest BCUT2D eigenvalue weighted by Crippen LogP contribution is 2.53. The maximum Gasteiger partial charge on any atom is 0.160 e. The van der Waals surface area contributed by atoms with Gasteiger partial charge in [0.05, 0.1) is 11.4 Å². The van der Waals surface area contributed by atoms with Crippen molar-refractivity contribution < 1.29 is 0 Å². The molecule has 2 nitrogen and oxygen atoms in total. The Bertz CT molecular complexity index is 3220. The molecule has 11 rings (SSSR count). The third kappa shape index (κ3) is 5.96. The van der Waals surface area contributed by atoms with Gasteiger partial charge in [0.15, 0.2) is 5.82 Å². The van der Waals surface area contributed by atoms with E-state index in [2.05, 4.69) is 214 Å². The second kappa shape index (κ2) is 13.9. The zero-order chi connectivity index (χ0) is 39.5. The second-order valence-corrected chi connectivity index (χ2v) is 16.2. The molecule has 1 aliphatic rings. The summed E-state index contributed by atoms with van der Waals surface area (Å²) in [4.78, 5) is 10.6. The van der Waals surface area contributed by atoms with Crippen LogP contribution < -0.4 is 0 Å². The van der Waals surface area contributed by atoms with Gasteiger partial charge in [0, 0.05) is 22.1 Å². The van der Waals surface area contributed by atoms with Gasteiger partial charge in [-0.05, 0) is 101 Å². The Kier molecular flexibility index (Phi) is 8.20. The lowest BCUT2D eigenvalue weighted by Gasteiger charge is -2.22. The van der Waals surface area contributed by atoms with Crippen molar-refractivity contribution in [1.29, 1.82) is 0 Å². The summed E-state index contributed by atoms with van der Waals surface area (Å²) in [5, 5.41) is 4.89. The van der Waals surface area contributed by atoms with Crippen molar-refractivity contribution >= 4 is 21.5 Å². The van der Waals surface area contributed by atoms with Gasteiger partial charge in [0.2, 0.25) is 0 Å². The van der Waals surface area contributed by atoms with Crippen LogP contribution in [0.5, 0.6) is 0 Å². The zero-order valence-corrected chi connectivity index (χ0v) is 33.0. The van der Waals surface area contributed by atoms with Crippen LogP contribution in [0.25, 0.3) is 100.0 Å². The van der Waals surface area contributed by atoms with Crippen LogP contribution in [0.1, 0.15) is 25.0 Å². The molecular weight excluding hydrogens is 713 g/mol. The monoisotopic (exact) mass is 752 g/mol. The Morgan fingerprint density at radius 2 is 0.898 bits per heavy atom. The van der Waals surface area contributed by atoms with Crippen molar-refractivity contribution in [3.63, 3.8) is 0 Å². The van der Waals surface area contributed by atoms with Crippen LogP contribution in [0.15, 0.2) is 206 Å². The molecule has 0 saturated heterocycles. The summed E-state index contributed by atoms with van der Waals surface area (Å²) in [5.74, 6) is 0.700. The van der Waals surface area contributed by atoms with Crippen LogP contribution in [0, 0.1) is 0 Å². The Labute approximate surface area is 345 Å². The van der Waals surface area contributed by atoms with Gasteiger partial charge >= 0.3 is 0 Å². The molecular formula is C57H40N2. The van der Waals surface area contributed by atoms with Crippen LogP contribution in [-0.2, 0) is 5.41 Å². The largest absolute Gasteiger partial charge is 0.228 e. The Morgan fingerprint density at radius 1 is 0.322 bits per heavy atom. The first-order valence-electron chi connectivity index (χ1n) is 20.4. The lowest BCUT2D eigenvalue weighted by atomic mass is 9.81. The SMILES string of the molecule is CC1(C)c2cc3ccccc3cc2-c2c(-c3ccc(-c4ccc5ccccc5c4-c4cc(-c5cccc(-c6ccccc6)c5)nc(-c5ccccc5)n4)cc3)cccc21. The molecule has 0 amide bonds. The fourth-order valence-electron chi connectivity index (χ4n) is 9.26. The van der Waals surface area contributed by atoms with E-state index in [9.17, 15) is 0 Å². The van der Waals surface area contributed by atoms with E-state index >= 15 is 0 Å². The summed E-state index contributed by atoms with van der Waals surface area (Å²) in [5.41, 5.74) is 17.3. The molecule has 0 atom stereocenters. The Balaban J connectivity index is 1.07. The maximum atomic E-state index is 5.37. The highest BCUT2D eigenvalue weighted by molar-refractivity contribution is 6.04. The molecule has 0 radical (unpaired) electrons. The van der Waals surface area contributed by atoms with Crippen molar-refractivity contribution in [2.24, 2.45) is 0 Å². The van der Waals surface area contributed by atoms with E-state index < -0.39 is 0 Å². The summed E-state index contributed by atoms with van der Waals surface area (Å²) >= 11 is 0. The Morgan fingerprint density at radius 3 is 1.64 bits per heavy atom. The molecule has 0 spiro atoms. The number of nitrogens with zero attached hydrogens (tertiary/aromatic N) is 2. The van der Waals surface area contributed by atoms with Crippen molar-refractivity contribution in [2.45, 2.75) is 19.3 Å². The predicted molar refractivity (Wildman–Crippen MR) is 247 cm³/mol. The standard InChI is InChI=1S/C57H40N2/c1-57(2)50-26-14-25-46(54(50)49-34-43-20-9-10-21-44(43)35-51(49)57)39-27-29-40(30-28-39)48-32-31-38-17-11-12-24-47(38)55(48)53-36-52(58-56(59-53)41-18-7-4-8-19-41)45-23-13-22-42(33-45)37-15-5-3-6-16-37/h3-36H,1-2H3. The quantitative estimate of drug-likeness (QED) is 0.169. The molecule has 0 fully saturated rings. The first-order valence-corrected chi connectivity index (χ1v) is 20.4. The minimum absolute atomic E-state index is 0.0947. The fourth-order valence-corrected chi connectivity index (χ4v) is 9.26. The molecule has 59 heavy (non-hydrogen) atoms. The molecule has 1 aromatic heterocycles. The third-order valence-corrected chi connectivity index (χ3v) is 12.3. The smallest absolute Gasteiger partial charge is 0.160 e. The predicted octanol–water partition coefficient (Wildman–Crippen LogP) is 15.1. The van der Waals surface area contributed by atoms with E-state index in [4.69, 9.17) is 9.97 Å². The van der Waals surface area contributed by atoms with E-state index in [1.807, 2.05) is 6.07 Å². The average Bonchev–Trinajstić information content (AvgIpc) is 3.53. The first-order chi connectivity index (χ1) is 29.0. The van der Waals surface area contributed by atoms with Crippen LogP contribution in [0.4, 0.5) is 0 Å². The number of hydrogen-bond acceptors (Lipinski definition) is 2. The molecule has 0 aliphatic heterocycles. The van der Waals surface area contributed by atoms with E-state index in [1.54, 1.807) is 0 Å². The number of rotatable bonds is 6. The molecule has 0 N–H and O–H groups in total. The molecule has 10 aromatic rings. The van der Waals surface area contributed by atoms with Gasteiger partial charge in [-0.2, -0.15) is 0 Å². The van der Waals surface area contributed by atoms with Crippen LogP contribution in [0.2, 0.25) is 0 Å². The number of fused-ring (bicyclic) bond motifs is 5. The molecule has 0 saturated carbocycles. The average molecular weight is 753 g/mol. The van der Waals surface area contributed by atoms with Crippen molar-refractivity contribution in [3.05, 3.63) is 217 Å². The van der Waals surface area contributed by atoms with Gasteiger partial charge in [-0.1, -0.05) is 196 Å². The van der Waals surface area contributed by atoms with E-state index in [0.29, 0.717) is 5.82 Å². The van der Waals surface area contributed by atoms with Crippen LogP contribution in [-0.4, -0.2) is 9.97 Å². The summed E-state index contributed by atoms with van der Waals surface area (Å²) in [7, 11) is 0. The fraction of sp³-hybridized carbons (Fsp3) is 0.0526.